The Balaban J connectivity index is 2.94. The summed E-state index contributed by atoms with van der Waals surface area (Å²) in [6.45, 7) is 1.83. The number of hydrogen-bond acceptors (Lipinski definition) is 4. The fourth-order valence-corrected chi connectivity index (χ4v) is 1.73. The lowest BCUT2D eigenvalue weighted by molar-refractivity contribution is -0.138. The normalized spacial score (nSPS) is 10.8. The van der Waals surface area contributed by atoms with Gasteiger partial charge in [0.05, 0.1) is 27.4 Å². The molecule has 0 radical (unpaired) electrons. The minimum atomic E-state index is -0.714. The molecule has 0 fully saturated rings. The van der Waals surface area contributed by atoms with Crippen molar-refractivity contribution in [3.63, 3.8) is 0 Å². The zero-order chi connectivity index (χ0) is 14.4. The Morgan fingerprint density at radius 1 is 1.37 bits per heavy atom. The third kappa shape index (κ3) is 4.32. The minimum Gasteiger partial charge on any atom is -0.462 e. The zero-order valence-electron chi connectivity index (χ0n) is 9.84. The van der Waals surface area contributed by atoms with Crippen molar-refractivity contribution in [2.75, 3.05) is 11.9 Å². The molecule has 0 aliphatic rings. The van der Waals surface area contributed by atoms with Crippen LogP contribution in [0.3, 0.4) is 0 Å². The largest absolute Gasteiger partial charge is 0.462 e. The van der Waals surface area contributed by atoms with Gasteiger partial charge in [-0.15, -0.1) is 0 Å². The molecule has 1 N–H and O–H groups in total. The van der Waals surface area contributed by atoms with Gasteiger partial charge in [0, 0.05) is 6.20 Å². The van der Waals surface area contributed by atoms with Gasteiger partial charge < -0.3 is 10.1 Å². The fourth-order valence-electron chi connectivity index (χ4n) is 1.13. The summed E-state index contributed by atoms with van der Waals surface area (Å²) in [4.78, 5) is 11.4. The molecule has 0 saturated heterocycles. The zero-order valence-corrected chi connectivity index (χ0v) is 12.1. The third-order valence-corrected chi connectivity index (χ3v) is 3.03. The van der Waals surface area contributed by atoms with E-state index in [2.05, 4.69) is 5.32 Å². The van der Waals surface area contributed by atoms with E-state index in [-0.39, 0.29) is 12.2 Å². The molecule has 1 aromatic rings. The van der Waals surface area contributed by atoms with Crippen molar-refractivity contribution >= 4 is 46.5 Å². The number of esters is 1. The maximum atomic E-state index is 11.4. The van der Waals surface area contributed by atoms with E-state index in [1.165, 1.54) is 18.3 Å². The minimum absolute atomic E-state index is 0.177. The van der Waals surface area contributed by atoms with E-state index in [0.717, 1.165) is 0 Å². The van der Waals surface area contributed by atoms with Crippen molar-refractivity contribution < 1.29 is 9.53 Å². The van der Waals surface area contributed by atoms with Gasteiger partial charge in [-0.1, -0.05) is 34.8 Å². The Morgan fingerprint density at radius 2 is 2.00 bits per heavy atom. The summed E-state index contributed by atoms with van der Waals surface area (Å²) in [5, 5.41) is 12.5. The first-order valence-electron chi connectivity index (χ1n) is 5.18. The van der Waals surface area contributed by atoms with Crippen LogP contribution in [0.1, 0.15) is 6.92 Å². The SMILES string of the molecule is CCOC(=O)/C(C#N)=C/Nc1cc(Cl)c(Cl)cc1Cl. The molecule has 0 aromatic heterocycles. The van der Waals surface area contributed by atoms with E-state index in [4.69, 9.17) is 44.8 Å². The Labute approximate surface area is 125 Å². The number of hydrogen-bond donors (Lipinski definition) is 1. The van der Waals surface area contributed by atoms with Crippen molar-refractivity contribution in [2.24, 2.45) is 0 Å². The molecule has 0 aliphatic carbocycles. The molecule has 0 bridgehead atoms. The van der Waals surface area contributed by atoms with Crippen molar-refractivity contribution in [3.8, 4) is 6.07 Å². The fraction of sp³-hybridized carbons (Fsp3) is 0.167. The van der Waals surface area contributed by atoms with Gasteiger partial charge in [0.25, 0.3) is 0 Å². The van der Waals surface area contributed by atoms with Crippen molar-refractivity contribution in [1.29, 1.82) is 5.26 Å². The smallest absolute Gasteiger partial charge is 0.350 e. The molecular formula is C12H9Cl3N2O2. The molecule has 1 aromatic carbocycles. The lowest BCUT2D eigenvalue weighted by Gasteiger charge is -2.06. The van der Waals surface area contributed by atoms with Crippen molar-refractivity contribution in [2.45, 2.75) is 6.92 Å². The first-order valence-corrected chi connectivity index (χ1v) is 6.31. The average Bonchev–Trinajstić information content (AvgIpc) is 2.36. The number of rotatable bonds is 4. The van der Waals surface area contributed by atoms with E-state index in [9.17, 15) is 4.79 Å². The highest BCUT2D eigenvalue weighted by molar-refractivity contribution is 6.44. The number of carbonyl (C=O) groups excluding carboxylic acids is 1. The standard InChI is InChI=1S/C12H9Cl3N2O2/c1-2-19-12(18)7(5-16)6-17-11-4-9(14)8(13)3-10(11)15/h3-4,6,17H,2H2,1H3/b7-6+. The van der Waals surface area contributed by atoms with Crippen LogP contribution in [0.2, 0.25) is 15.1 Å². The van der Waals surface area contributed by atoms with Crippen LogP contribution in [-0.2, 0) is 9.53 Å². The number of nitrogens with zero attached hydrogens (tertiary/aromatic N) is 1. The van der Waals surface area contributed by atoms with Crippen LogP contribution in [-0.4, -0.2) is 12.6 Å². The highest BCUT2D eigenvalue weighted by atomic mass is 35.5. The summed E-state index contributed by atoms with van der Waals surface area (Å²) < 4.78 is 4.71. The summed E-state index contributed by atoms with van der Waals surface area (Å²) in [7, 11) is 0. The van der Waals surface area contributed by atoms with Crippen molar-refractivity contribution in [1.82, 2.24) is 0 Å². The molecule has 0 atom stereocenters. The van der Waals surface area contributed by atoms with E-state index >= 15 is 0 Å². The monoisotopic (exact) mass is 318 g/mol. The molecule has 0 unspecified atom stereocenters. The number of anilines is 1. The molecule has 19 heavy (non-hydrogen) atoms. The van der Waals surface area contributed by atoms with E-state index in [0.29, 0.717) is 20.8 Å². The third-order valence-electron chi connectivity index (χ3n) is 2.00. The molecule has 1 rings (SSSR count). The average molecular weight is 320 g/mol. The van der Waals surface area contributed by atoms with Gasteiger partial charge in [0.15, 0.2) is 5.57 Å². The van der Waals surface area contributed by atoms with Gasteiger partial charge in [0.2, 0.25) is 0 Å². The number of nitriles is 1. The lowest BCUT2D eigenvalue weighted by Crippen LogP contribution is -2.08. The summed E-state index contributed by atoms with van der Waals surface area (Å²) in [5.74, 6) is -0.714. The van der Waals surface area contributed by atoms with Crippen LogP contribution in [0.4, 0.5) is 5.69 Å². The van der Waals surface area contributed by atoms with Gasteiger partial charge in [0.1, 0.15) is 6.07 Å². The van der Waals surface area contributed by atoms with Gasteiger partial charge in [-0.2, -0.15) is 5.26 Å². The van der Waals surface area contributed by atoms with Crippen molar-refractivity contribution in [3.05, 3.63) is 39.0 Å². The van der Waals surface area contributed by atoms with Crippen LogP contribution in [0.15, 0.2) is 23.9 Å². The molecule has 0 heterocycles. The Hall–Kier alpha value is -1.41. The predicted molar refractivity (Wildman–Crippen MR) is 75.4 cm³/mol. The second-order valence-corrected chi connectivity index (χ2v) is 4.50. The summed E-state index contributed by atoms with van der Waals surface area (Å²) in [6, 6.07) is 4.67. The second-order valence-electron chi connectivity index (χ2n) is 3.28. The Kier molecular flexibility index (Phi) is 5.97. The predicted octanol–water partition coefficient (Wildman–Crippen LogP) is 4.03. The molecule has 0 spiro atoms. The molecule has 0 amide bonds. The maximum absolute atomic E-state index is 11.4. The van der Waals surface area contributed by atoms with Gasteiger partial charge in [-0.25, -0.2) is 4.79 Å². The Morgan fingerprint density at radius 3 is 2.58 bits per heavy atom. The van der Waals surface area contributed by atoms with Crippen LogP contribution >= 0.6 is 34.8 Å². The number of nitrogens with one attached hydrogen (secondary N) is 1. The topological polar surface area (TPSA) is 62.1 Å². The van der Waals surface area contributed by atoms with E-state index in [1.807, 2.05) is 0 Å². The van der Waals surface area contributed by atoms with Crippen LogP contribution in [0.5, 0.6) is 0 Å². The summed E-state index contributed by atoms with van der Waals surface area (Å²) in [6.07, 6.45) is 1.20. The van der Waals surface area contributed by atoms with E-state index in [1.54, 1.807) is 13.0 Å². The summed E-state index contributed by atoms with van der Waals surface area (Å²) >= 11 is 17.6. The first-order chi connectivity index (χ1) is 8.99. The number of benzene rings is 1. The Bertz CT molecular complexity index is 565. The highest BCUT2D eigenvalue weighted by Gasteiger charge is 2.10. The van der Waals surface area contributed by atoms with Gasteiger partial charge in [-0.3, -0.25) is 0 Å². The molecule has 7 heteroatoms. The lowest BCUT2D eigenvalue weighted by atomic mass is 10.3. The number of ether oxygens (including phenoxy) is 1. The van der Waals surface area contributed by atoms with Crippen LogP contribution in [0.25, 0.3) is 0 Å². The molecule has 0 aliphatic heterocycles. The molecule has 100 valence electrons. The summed E-state index contributed by atoms with van der Waals surface area (Å²) in [5.41, 5.74) is 0.247. The second kappa shape index (κ2) is 7.25. The molecule has 0 saturated carbocycles. The molecule has 4 nitrogen and oxygen atoms in total. The quantitative estimate of drug-likeness (QED) is 0.394. The van der Waals surface area contributed by atoms with Crippen LogP contribution < -0.4 is 5.32 Å². The number of carbonyl (C=O) groups is 1. The van der Waals surface area contributed by atoms with Crippen LogP contribution in [0, 0.1) is 11.3 Å². The molecular weight excluding hydrogens is 311 g/mol. The number of halogens is 3. The first kappa shape index (κ1) is 15.6. The maximum Gasteiger partial charge on any atom is 0.350 e. The highest BCUT2D eigenvalue weighted by Crippen LogP contribution is 2.32. The van der Waals surface area contributed by atoms with E-state index < -0.39 is 5.97 Å². The van der Waals surface area contributed by atoms with Gasteiger partial charge >= 0.3 is 5.97 Å². The van der Waals surface area contributed by atoms with Gasteiger partial charge in [-0.05, 0) is 19.1 Å².